The molecule has 0 fully saturated rings. The minimum Gasteiger partial charge on any atom is -0.345 e. The highest BCUT2D eigenvalue weighted by molar-refractivity contribution is 6.30. The first kappa shape index (κ1) is 15.5. The van der Waals surface area contributed by atoms with Crippen LogP contribution in [0.3, 0.4) is 0 Å². The number of aryl methyl sites for hydroxylation is 1. The van der Waals surface area contributed by atoms with Gasteiger partial charge in [0.1, 0.15) is 5.82 Å². The van der Waals surface area contributed by atoms with Gasteiger partial charge in [0.05, 0.1) is 11.6 Å². The van der Waals surface area contributed by atoms with Crippen molar-refractivity contribution in [2.75, 3.05) is 0 Å². The van der Waals surface area contributed by atoms with Gasteiger partial charge < -0.3 is 5.32 Å². The summed E-state index contributed by atoms with van der Waals surface area (Å²) in [6.45, 7) is 3.97. The zero-order valence-corrected chi connectivity index (χ0v) is 12.7. The maximum Gasteiger partial charge on any atom is 0.254 e. The summed E-state index contributed by atoms with van der Waals surface area (Å²) < 4.78 is 13.8. The lowest BCUT2D eigenvalue weighted by atomic mass is 9.99. The van der Waals surface area contributed by atoms with E-state index in [4.69, 9.17) is 11.6 Å². The molecule has 0 heterocycles. The van der Waals surface area contributed by atoms with Crippen molar-refractivity contribution >= 4 is 17.5 Å². The first-order valence-corrected chi connectivity index (χ1v) is 7.22. The quantitative estimate of drug-likeness (QED) is 0.874. The van der Waals surface area contributed by atoms with Crippen molar-refractivity contribution in [2.24, 2.45) is 0 Å². The van der Waals surface area contributed by atoms with E-state index in [1.54, 1.807) is 0 Å². The van der Waals surface area contributed by atoms with Crippen molar-refractivity contribution in [1.82, 2.24) is 5.32 Å². The van der Waals surface area contributed by atoms with Crippen molar-refractivity contribution in [3.8, 4) is 0 Å². The summed E-state index contributed by atoms with van der Waals surface area (Å²) in [5.41, 5.74) is 2.15. The molecule has 1 amide bonds. The van der Waals surface area contributed by atoms with E-state index in [-0.39, 0.29) is 16.6 Å². The summed E-state index contributed by atoms with van der Waals surface area (Å²) in [5.74, 6) is -1.04. The number of hydrogen-bond donors (Lipinski definition) is 1. The Morgan fingerprint density at radius 3 is 2.62 bits per heavy atom. The largest absolute Gasteiger partial charge is 0.345 e. The van der Waals surface area contributed by atoms with Crippen molar-refractivity contribution in [3.63, 3.8) is 0 Å². The minimum atomic E-state index is -0.611. The van der Waals surface area contributed by atoms with Gasteiger partial charge in [-0.05, 0) is 42.7 Å². The molecule has 0 saturated heterocycles. The first-order valence-electron chi connectivity index (χ1n) is 6.84. The van der Waals surface area contributed by atoms with Crippen molar-refractivity contribution < 1.29 is 9.18 Å². The van der Waals surface area contributed by atoms with Crippen molar-refractivity contribution in [2.45, 2.75) is 26.3 Å². The molecule has 0 aromatic heterocycles. The number of benzene rings is 2. The van der Waals surface area contributed by atoms with Gasteiger partial charge in [-0.3, -0.25) is 4.79 Å². The maximum absolute atomic E-state index is 13.8. The zero-order valence-electron chi connectivity index (χ0n) is 12.0. The van der Waals surface area contributed by atoms with Crippen molar-refractivity contribution in [3.05, 3.63) is 70.0 Å². The van der Waals surface area contributed by atoms with Crippen LogP contribution in [0.15, 0.2) is 42.5 Å². The van der Waals surface area contributed by atoms with Gasteiger partial charge in [0.15, 0.2) is 0 Å². The van der Waals surface area contributed by atoms with Gasteiger partial charge in [-0.2, -0.15) is 0 Å². The third kappa shape index (κ3) is 3.61. The molecular weight excluding hydrogens is 289 g/mol. The van der Waals surface area contributed by atoms with Gasteiger partial charge in [0, 0.05) is 5.02 Å². The van der Waals surface area contributed by atoms with Gasteiger partial charge in [-0.1, -0.05) is 42.8 Å². The number of carbonyl (C=O) groups excluding carboxylic acids is 1. The second-order valence-electron chi connectivity index (χ2n) is 4.92. The Balaban J connectivity index is 2.23. The number of carbonyl (C=O) groups is 1. The zero-order chi connectivity index (χ0) is 15.4. The SMILES string of the molecule is CC[C@@H](NC(=O)c1ccc(Cl)cc1F)c1ccccc1C. The number of amides is 1. The van der Waals surface area contributed by atoms with E-state index in [1.165, 1.54) is 12.1 Å². The molecule has 0 radical (unpaired) electrons. The lowest BCUT2D eigenvalue weighted by Gasteiger charge is -2.19. The molecule has 0 bridgehead atoms. The summed E-state index contributed by atoms with van der Waals surface area (Å²) in [7, 11) is 0. The normalized spacial score (nSPS) is 12.0. The maximum atomic E-state index is 13.8. The van der Waals surface area contributed by atoms with E-state index < -0.39 is 11.7 Å². The summed E-state index contributed by atoms with van der Waals surface area (Å²) in [5, 5.41) is 3.15. The molecule has 21 heavy (non-hydrogen) atoms. The molecule has 0 aliphatic heterocycles. The average Bonchev–Trinajstić information content (AvgIpc) is 2.45. The van der Waals surface area contributed by atoms with Gasteiger partial charge in [0.25, 0.3) is 5.91 Å². The highest BCUT2D eigenvalue weighted by atomic mass is 35.5. The van der Waals surface area contributed by atoms with E-state index in [1.807, 2.05) is 38.1 Å². The van der Waals surface area contributed by atoms with E-state index in [0.717, 1.165) is 23.6 Å². The van der Waals surface area contributed by atoms with Gasteiger partial charge >= 0.3 is 0 Å². The van der Waals surface area contributed by atoms with Crippen LogP contribution >= 0.6 is 11.6 Å². The highest BCUT2D eigenvalue weighted by Gasteiger charge is 2.18. The Bertz CT molecular complexity index is 657. The lowest BCUT2D eigenvalue weighted by Crippen LogP contribution is -2.29. The van der Waals surface area contributed by atoms with Crippen LogP contribution in [0, 0.1) is 12.7 Å². The molecule has 0 saturated carbocycles. The molecule has 0 aliphatic carbocycles. The summed E-state index contributed by atoms with van der Waals surface area (Å²) >= 11 is 5.70. The van der Waals surface area contributed by atoms with Crippen molar-refractivity contribution in [1.29, 1.82) is 0 Å². The Hall–Kier alpha value is -1.87. The second-order valence-corrected chi connectivity index (χ2v) is 5.35. The van der Waals surface area contributed by atoms with Crippen LogP contribution in [0.5, 0.6) is 0 Å². The van der Waals surface area contributed by atoms with Crippen LogP contribution in [-0.4, -0.2) is 5.91 Å². The number of halogens is 2. The Labute approximate surface area is 128 Å². The molecule has 4 heteroatoms. The monoisotopic (exact) mass is 305 g/mol. The molecular formula is C17H17ClFNO. The topological polar surface area (TPSA) is 29.1 Å². The van der Waals surface area contributed by atoms with E-state index in [9.17, 15) is 9.18 Å². The third-order valence-electron chi connectivity index (χ3n) is 3.45. The molecule has 1 N–H and O–H groups in total. The summed E-state index contributed by atoms with van der Waals surface area (Å²) in [4.78, 5) is 12.2. The molecule has 2 aromatic carbocycles. The highest BCUT2D eigenvalue weighted by Crippen LogP contribution is 2.22. The molecule has 0 aliphatic rings. The third-order valence-corrected chi connectivity index (χ3v) is 3.69. The second kappa shape index (κ2) is 6.72. The Morgan fingerprint density at radius 2 is 2.00 bits per heavy atom. The molecule has 2 aromatic rings. The smallest absolute Gasteiger partial charge is 0.254 e. The molecule has 2 rings (SSSR count). The Kier molecular flexibility index (Phi) is 4.97. The number of hydrogen-bond acceptors (Lipinski definition) is 1. The van der Waals surface area contributed by atoms with Crippen LogP contribution in [0.25, 0.3) is 0 Å². The molecule has 110 valence electrons. The van der Waals surface area contributed by atoms with E-state index in [0.29, 0.717) is 0 Å². The fraction of sp³-hybridized carbons (Fsp3) is 0.235. The molecule has 0 spiro atoms. The molecule has 2 nitrogen and oxygen atoms in total. The van der Waals surface area contributed by atoms with Gasteiger partial charge in [-0.25, -0.2) is 4.39 Å². The number of nitrogens with one attached hydrogen (secondary N) is 1. The first-order chi connectivity index (χ1) is 10.0. The Morgan fingerprint density at radius 1 is 1.29 bits per heavy atom. The fourth-order valence-electron chi connectivity index (χ4n) is 2.29. The predicted octanol–water partition coefficient (Wildman–Crippen LogP) is 4.67. The lowest BCUT2D eigenvalue weighted by molar-refractivity contribution is 0.0931. The average molecular weight is 306 g/mol. The van der Waals surface area contributed by atoms with Crippen LogP contribution in [0.4, 0.5) is 4.39 Å². The predicted molar refractivity (Wildman–Crippen MR) is 83.1 cm³/mol. The van der Waals surface area contributed by atoms with Gasteiger partial charge in [0.2, 0.25) is 0 Å². The minimum absolute atomic E-state index is 0.00596. The summed E-state index contributed by atoms with van der Waals surface area (Å²) in [6.07, 6.45) is 0.728. The molecule has 1 atom stereocenters. The molecule has 0 unspecified atom stereocenters. The summed E-state index contributed by atoms with van der Waals surface area (Å²) in [6, 6.07) is 11.8. The fourth-order valence-corrected chi connectivity index (χ4v) is 2.45. The van der Waals surface area contributed by atoms with Crippen LogP contribution in [-0.2, 0) is 0 Å². The van der Waals surface area contributed by atoms with Crippen LogP contribution < -0.4 is 5.32 Å². The van der Waals surface area contributed by atoms with E-state index >= 15 is 0 Å². The van der Waals surface area contributed by atoms with Crippen LogP contribution in [0.2, 0.25) is 5.02 Å². The standard InChI is InChI=1S/C17H17ClFNO/c1-3-16(13-7-5-4-6-11(13)2)20-17(21)14-9-8-12(18)10-15(14)19/h4-10,16H,3H2,1-2H3,(H,20,21)/t16-/m1/s1. The van der Waals surface area contributed by atoms with Crippen LogP contribution in [0.1, 0.15) is 40.9 Å². The van der Waals surface area contributed by atoms with E-state index in [2.05, 4.69) is 5.32 Å². The van der Waals surface area contributed by atoms with Gasteiger partial charge in [-0.15, -0.1) is 0 Å². The number of rotatable bonds is 4.